The van der Waals surface area contributed by atoms with Gasteiger partial charge in [0.25, 0.3) is 5.91 Å². The fourth-order valence-corrected chi connectivity index (χ4v) is 4.66. The first-order chi connectivity index (χ1) is 20.6. The van der Waals surface area contributed by atoms with Gasteiger partial charge in [-0.1, -0.05) is 23.9 Å². The van der Waals surface area contributed by atoms with Crippen LogP contribution in [0.15, 0.2) is 35.0 Å². The number of carbonyl (C=O) groups excluding carboxylic acids is 2. The van der Waals surface area contributed by atoms with Crippen LogP contribution in [-0.4, -0.2) is 90.1 Å². The summed E-state index contributed by atoms with van der Waals surface area (Å²) in [5.74, 6) is 7.37. The number of rotatable bonds is 7. The molecule has 0 aliphatic carbocycles. The SMILES string of the molecule is COc1ccc(C#Cc2cnc3c(c2)C(=O)N([C@H](C)CO)C[C@H](C)[C@H](CN(C)C(=O)Nc2c(C)noc2C)O3)cc1OC. The molecular weight excluding hydrogens is 554 g/mol. The van der Waals surface area contributed by atoms with E-state index in [0.717, 1.165) is 0 Å². The number of aromatic nitrogens is 2. The lowest BCUT2D eigenvalue weighted by Crippen LogP contribution is -2.50. The molecule has 4 rings (SSSR count). The smallest absolute Gasteiger partial charge is 0.321 e. The van der Waals surface area contributed by atoms with Gasteiger partial charge in [0.1, 0.15) is 23.0 Å². The molecule has 0 fully saturated rings. The van der Waals surface area contributed by atoms with Crippen molar-refractivity contribution >= 4 is 17.6 Å². The molecule has 3 heterocycles. The van der Waals surface area contributed by atoms with Crippen LogP contribution >= 0.6 is 0 Å². The minimum atomic E-state index is -0.517. The number of likely N-dealkylation sites (N-methyl/N-ethyl adjacent to an activating group) is 1. The Morgan fingerprint density at radius 2 is 1.93 bits per heavy atom. The minimum Gasteiger partial charge on any atom is -0.493 e. The van der Waals surface area contributed by atoms with Crippen LogP contribution in [0.3, 0.4) is 0 Å². The molecule has 3 aromatic rings. The Bertz CT molecular complexity index is 1520. The van der Waals surface area contributed by atoms with E-state index in [9.17, 15) is 14.7 Å². The number of benzene rings is 1. The van der Waals surface area contributed by atoms with Gasteiger partial charge in [-0.05, 0) is 45.0 Å². The molecule has 1 aliphatic rings. The number of methoxy groups -OCH3 is 2. The van der Waals surface area contributed by atoms with Gasteiger partial charge in [0, 0.05) is 36.8 Å². The van der Waals surface area contributed by atoms with Gasteiger partial charge in [-0.2, -0.15) is 0 Å². The van der Waals surface area contributed by atoms with Gasteiger partial charge in [-0.25, -0.2) is 9.78 Å². The lowest BCUT2D eigenvalue weighted by molar-refractivity contribution is 0.0356. The molecule has 2 N–H and O–H groups in total. The van der Waals surface area contributed by atoms with Crippen molar-refractivity contribution in [2.75, 3.05) is 46.3 Å². The Hall–Kier alpha value is -4.76. The van der Waals surface area contributed by atoms with Crippen LogP contribution in [0.25, 0.3) is 0 Å². The summed E-state index contributed by atoms with van der Waals surface area (Å²) in [6, 6.07) is 6.15. The van der Waals surface area contributed by atoms with E-state index in [1.165, 1.54) is 11.1 Å². The van der Waals surface area contributed by atoms with E-state index >= 15 is 0 Å². The van der Waals surface area contributed by atoms with Crippen molar-refractivity contribution in [2.24, 2.45) is 5.92 Å². The molecule has 3 amide bonds. The number of pyridine rings is 1. The van der Waals surface area contributed by atoms with Gasteiger partial charge in [0.2, 0.25) is 5.88 Å². The second-order valence-electron chi connectivity index (χ2n) is 10.5. The molecule has 1 aliphatic heterocycles. The normalized spacial score (nSPS) is 16.9. The largest absolute Gasteiger partial charge is 0.493 e. The first-order valence-electron chi connectivity index (χ1n) is 13.8. The molecule has 3 atom stereocenters. The lowest BCUT2D eigenvalue weighted by atomic mass is 10.00. The fraction of sp³-hybridized carbons (Fsp3) is 0.419. The number of hydrogen-bond donors (Lipinski definition) is 2. The number of anilines is 1. The summed E-state index contributed by atoms with van der Waals surface area (Å²) in [5, 5.41) is 16.7. The summed E-state index contributed by atoms with van der Waals surface area (Å²) >= 11 is 0. The van der Waals surface area contributed by atoms with E-state index in [-0.39, 0.29) is 42.5 Å². The van der Waals surface area contributed by atoms with Crippen molar-refractivity contribution in [3.05, 3.63) is 58.6 Å². The molecule has 0 radical (unpaired) electrons. The third kappa shape index (κ3) is 7.01. The molecular formula is C31H37N5O7. The second kappa shape index (κ2) is 13.5. The summed E-state index contributed by atoms with van der Waals surface area (Å²) in [4.78, 5) is 34.3. The highest BCUT2D eigenvalue weighted by atomic mass is 16.5. The number of carbonyl (C=O) groups is 2. The molecule has 12 nitrogen and oxygen atoms in total. The Morgan fingerprint density at radius 1 is 1.21 bits per heavy atom. The van der Waals surface area contributed by atoms with Crippen molar-refractivity contribution in [3.8, 4) is 29.2 Å². The van der Waals surface area contributed by atoms with E-state index in [1.54, 1.807) is 71.2 Å². The highest BCUT2D eigenvalue weighted by Crippen LogP contribution is 2.29. The first-order valence-corrected chi connectivity index (χ1v) is 13.8. The van der Waals surface area contributed by atoms with Crippen molar-refractivity contribution in [1.82, 2.24) is 19.9 Å². The molecule has 0 saturated heterocycles. The van der Waals surface area contributed by atoms with E-state index in [2.05, 4.69) is 27.3 Å². The Kier molecular flexibility index (Phi) is 9.77. The van der Waals surface area contributed by atoms with Crippen LogP contribution in [0.4, 0.5) is 10.5 Å². The summed E-state index contributed by atoms with van der Waals surface area (Å²) in [7, 11) is 4.77. The number of aryl methyl sites for hydroxylation is 2. The Labute approximate surface area is 250 Å². The second-order valence-corrected chi connectivity index (χ2v) is 10.5. The predicted molar refractivity (Wildman–Crippen MR) is 159 cm³/mol. The molecule has 12 heteroatoms. The minimum absolute atomic E-state index is 0.132. The summed E-state index contributed by atoms with van der Waals surface area (Å²) in [6.07, 6.45) is 1.02. The maximum absolute atomic E-state index is 13.7. The zero-order valence-electron chi connectivity index (χ0n) is 25.4. The molecule has 0 spiro atoms. The molecule has 2 aromatic heterocycles. The quantitative estimate of drug-likeness (QED) is 0.395. The number of aliphatic hydroxyl groups is 1. The average Bonchev–Trinajstić information content (AvgIpc) is 3.33. The molecule has 1 aromatic carbocycles. The van der Waals surface area contributed by atoms with E-state index < -0.39 is 12.1 Å². The van der Waals surface area contributed by atoms with Gasteiger partial charge in [0.05, 0.1) is 33.4 Å². The van der Waals surface area contributed by atoms with E-state index in [4.69, 9.17) is 18.7 Å². The lowest BCUT2D eigenvalue weighted by Gasteiger charge is -2.37. The topological polar surface area (TPSA) is 139 Å². The summed E-state index contributed by atoms with van der Waals surface area (Å²) < 4.78 is 22.1. The van der Waals surface area contributed by atoms with Gasteiger partial charge in [-0.3, -0.25) is 4.79 Å². The van der Waals surface area contributed by atoms with Crippen molar-refractivity contribution < 1.29 is 33.4 Å². The summed E-state index contributed by atoms with van der Waals surface area (Å²) in [5.41, 5.74) is 2.51. The van der Waals surface area contributed by atoms with Crippen LogP contribution in [0.1, 0.15) is 46.8 Å². The van der Waals surface area contributed by atoms with E-state index in [1.807, 2.05) is 6.92 Å². The monoisotopic (exact) mass is 591 g/mol. The maximum Gasteiger partial charge on any atom is 0.321 e. The Morgan fingerprint density at radius 3 is 2.58 bits per heavy atom. The number of nitrogens with one attached hydrogen (secondary N) is 1. The first kappa shape index (κ1) is 31.2. The number of aliphatic hydroxyl groups excluding tert-OH is 1. The number of amides is 3. The fourth-order valence-electron chi connectivity index (χ4n) is 4.66. The highest BCUT2D eigenvalue weighted by molar-refractivity contribution is 5.97. The third-order valence-electron chi connectivity index (χ3n) is 7.32. The number of ether oxygens (including phenoxy) is 3. The number of fused-ring (bicyclic) bond motifs is 1. The van der Waals surface area contributed by atoms with Crippen LogP contribution in [0.2, 0.25) is 0 Å². The molecule has 43 heavy (non-hydrogen) atoms. The molecule has 0 bridgehead atoms. The predicted octanol–water partition coefficient (Wildman–Crippen LogP) is 3.49. The number of nitrogens with zero attached hydrogens (tertiary/aromatic N) is 4. The van der Waals surface area contributed by atoms with Crippen LogP contribution in [0.5, 0.6) is 17.4 Å². The van der Waals surface area contributed by atoms with E-state index in [0.29, 0.717) is 46.3 Å². The Balaban J connectivity index is 1.62. The zero-order chi connectivity index (χ0) is 31.3. The van der Waals surface area contributed by atoms with Crippen LogP contribution in [0, 0.1) is 31.6 Å². The summed E-state index contributed by atoms with van der Waals surface area (Å²) in [6.45, 7) is 7.46. The van der Waals surface area contributed by atoms with Crippen LogP contribution < -0.4 is 19.5 Å². The molecule has 228 valence electrons. The highest BCUT2D eigenvalue weighted by Gasteiger charge is 2.35. The number of hydrogen-bond acceptors (Lipinski definition) is 9. The van der Waals surface area contributed by atoms with Crippen molar-refractivity contribution in [3.63, 3.8) is 0 Å². The number of urea groups is 1. The molecule has 0 saturated carbocycles. The van der Waals surface area contributed by atoms with Gasteiger partial charge < -0.3 is 39.0 Å². The standard InChI is InChI=1S/C31H37N5O7/c1-18-15-36(19(2)17-37)30(38)24-12-23(9-8-22-10-11-25(40-6)26(13-22)41-7)14-32-29(24)42-27(18)16-35(5)31(39)33-28-20(3)34-43-21(28)4/h10-14,18-19,27,37H,15-17H2,1-7H3,(H,33,39)/t18-,19+,27-/m0/s1. The van der Waals surface area contributed by atoms with Crippen LogP contribution in [-0.2, 0) is 0 Å². The van der Waals surface area contributed by atoms with Crippen molar-refractivity contribution in [1.29, 1.82) is 0 Å². The van der Waals surface area contributed by atoms with Gasteiger partial charge in [-0.15, -0.1) is 0 Å². The average molecular weight is 592 g/mol. The van der Waals surface area contributed by atoms with Gasteiger partial charge in [0.15, 0.2) is 17.3 Å². The van der Waals surface area contributed by atoms with Crippen molar-refractivity contribution in [2.45, 2.75) is 39.8 Å². The third-order valence-corrected chi connectivity index (χ3v) is 7.32. The zero-order valence-corrected chi connectivity index (χ0v) is 25.4. The van der Waals surface area contributed by atoms with Gasteiger partial charge >= 0.3 is 6.03 Å². The molecule has 0 unspecified atom stereocenters. The maximum atomic E-state index is 13.7.